The average molecular weight is 262 g/mol. The molecule has 0 fully saturated rings. The van der Waals surface area contributed by atoms with Gasteiger partial charge < -0.3 is 4.98 Å². The van der Waals surface area contributed by atoms with Gasteiger partial charge in [0.05, 0.1) is 5.69 Å². The van der Waals surface area contributed by atoms with Crippen molar-refractivity contribution in [2.24, 2.45) is 0 Å². The molecule has 3 heteroatoms. The molecule has 1 aliphatic rings. The first kappa shape index (κ1) is 11.4. The largest absolute Gasteiger partial charge is 0.361 e. The molecule has 1 aliphatic carbocycles. The molecule has 4 rings (SSSR count). The molecule has 2 aromatic heterocycles. The van der Waals surface area contributed by atoms with Gasteiger partial charge in [-0.1, -0.05) is 18.2 Å². The van der Waals surface area contributed by atoms with Crippen molar-refractivity contribution in [2.45, 2.75) is 19.3 Å². The number of carbonyl (C=O) groups excluding carboxylic acids is 1. The third-order valence-corrected chi connectivity index (χ3v) is 3.99. The number of hydrogen-bond donors (Lipinski definition) is 1. The lowest BCUT2D eigenvalue weighted by Crippen LogP contribution is -2.12. The second kappa shape index (κ2) is 4.30. The predicted molar refractivity (Wildman–Crippen MR) is 78.8 cm³/mol. The standard InChI is InChI=1S/C17H14N2O/c20-17-7-3-6-16-13(17)8-11(9-18-16)14-10-19-15-5-2-1-4-12(14)15/h1-2,4-5,8-10,19H,3,6-7H2. The van der Waals surface area contributed by atoms with Crippen LogP contribution in [0.3, 0.4) is 0 Å². The van der Waals surface area contributed by atoms with Crippen LogP contribution in [-0.2, 0) is 6.42 Å². The summed E-state index contributed by atoms with van der Waals surface area (Å²) in [5.41, 5.74) is 4.97. The minimum Gasteiger partial charge on any atom is -0.361 e. The molecule has 1 N–H and O–H groups in total. The lowest BCUT2D eigenvalue weighted by atomic mass is 9.92. The van der Waals surface area contributed by atoms with Crippen LogP contribution in [0.25, 0.3) is 22.0 Å². The van der Waals surface area contributed by atoms with Crippen LogP contribution >= 0.6 is 0 Å². The molecule has 1 aromatic carbocycles. The molecule has 2 heterocycles. The second-order valence-corrected chi connectivity index (χ2v) is 5.24. The quantitative estimate of drug-likeness (QED) is 0.726. The van der Waals surface area contributed by atoms with Crippen LogP contribution in [0.1, 0.15) is 28.9 Å². The van der Waals surface area contributed by atoms with E-state index in [9.17, 15) is 4.79 Å². The summed E-state index contributed by atoms with van der Waals surface area (Å²) in [5, 5.41) is 1.16. The van der Waals surface area contributed by atoms with Crippen molar-refractivity contribution in [1.29, 1.82) is 0 Å². The Bertz CT molecular complexity index is 817. The predicted octanol–water partition coefficient (Wildman–Crippen LogP) is 3.75. The first-order valence-electron chi connectivity index (χ1n) is 6.91. The van der Waals surface area contributed by atoms with E-state index in [1.807, 2.05) is 30.6 Å². The Morgan fingerprint density at radius 1 is 1.10 bits per heavy atom. The highest BCUT2D eigenvalue weighted by molar-refractivity contribution is 6.01. The zero-order valence-corrected chi connectivity index (χ0v) is 11.0. The fourth-order valence-electron chi connectivity index (χ4n) is 2.94. The van der Waals surface area contributed by atoms with E-state index < -0.39 is 0 Å². The highest BCUT2D eigenvalue weighted by atomic mass is 16.1. The van der Waals surface area contributed by atoms with E-state index in [2.05, 4.69) is 22.1 Å². The minimum absolute atomic E-state index is 0.223. The van der Waals surface area contributed by atoms with Gasteiger partial charge in [0.25, 0.3) is 0 Å². The Labute approximate surface area is 116 Å². The van der Waals surface area contributed by atoms with Crippen LogP contribution in [0.4, 0.5) is 0 Å². The Morgan fingerprint density at radius 2 is 2.00 bits per heavy atom. The number of hydrogen-bond acceptors (Lipinski definition) is 2. The first-order chi connectivity index (χ1) is 9.83. The number of aromatic nitrogens is 2. The Hall–Kier alpha value is -2.42. The van der Waals surface area contributed by atoms with Crippen molar-refractivity contribution < 1.29 is 4.79 Å². The van der Waals surface area contributed by atoms with Gasteiger partial charge in [-0.2, -0.15) is 0 Å². The van der Waals surface area contributed by atoms with E-state index in [0.29, 0.717) is 6.42 Å². The summed E-state index contributed by atoms with van der Waals surface area (Å²) in [7, 11) is 0. The molecule has 3 nitrogen and oxygen atoms in total. The van der Waals surface area contributed by atoms with Crippen molar-refractivity contribution in [3.63, 3.8) is 0 Å². The summed E-state index contributed by atoms with van der Waals surface area (Å²) >= 11 is 0. The van der Waals surface area contributed by atoms with Gasteiger partial charge in [0.2, 0.25) is 0 Å². The second-order valence-electron chi connectivity index (χ2n) is 5.24. The number of Topliss-reactive ketones (excluding diaryl/α,β-unsaturated/α-hetero) is 1. The third-order valence-electron chi connectivity index (χ3n) is 3.99. The molecule has 98 valence electrons. The summed E-state index contributed by atoms with van der Waals surface area (Å²) in [6, 6.07) is 10.2. The molecule has 0 saturated heterocycles. The van der Waals surface area contributed by atoms with Crippen LogP contribution in [-0.4, -0.2) is 15.8 Å². The minimum atomic E-state index is 0.223. The smallest absolute Gasteiger partial charge is 0.164 e. The fourth-order valence-corrected chi connectivity index (χ4v) is 2.94. The monoisotopic (exact) mass is 262 g/mol. The van der Waals surface area contributed by atoms with Gasteiger partial charge >= 0.3 is 0 Å². The maximum atomic E-state index is 12.0. The molecule has 0 aliphatic heterocycles. The van der Waals surface area contributed by atoms with Gasteiger partial charge in [0.15, 0.2) is 5.78 Å². The van der Waals surface area contributed by atoms with E-state index in [1.54, 1.807) is 0 Å². The van der Waals surface area contributed by atoms with Crippen molar-refractivity contribution in [2.75, 3.05) is 0 Å². The Balaban J connectivity index is 1.91. The fraction of sp³-hybridized carbons (Fsp3) is 0.176. The number of fused-ring (bicyclic) bond motifs is 2. The number of benzene rings is 1. The number of carbonyl (C=O) groups is 1. The summed E-state index contributed by atoms with van der Waals surface area (Å²) in [6.45, 7) is 0. The number of nitrogens with zero attached hydrogens (tertiary/aromatic N) is 1. The number of aromatic amines is 1. The van der Waals surface area contributed by atoms with Gasteiger partial charge in [-0.05, 0) is 25.0 Å². The van der Waals surface area contributed by atoms with Gasteiger partial charge in [0, 0.05) is 46.4 Å². The van der Waals surface area contributed by atoms with Gasteiger partial charge in [-0.15, -0.1) is 0 Å². The summed E-state index contributed by atoms with van der Waals surface area (Å²) in [6.07, 6.45) is 6.35. The van der Waals surface area contributed by atoms with E-state index in [4.69, 9.17) is 0 Å². The molecule has 0 spiro atoms. The van der Waals surface area contributed by atoms with Crippen LogP contribution in [0.15, 0.2) is 42.7 Å². The van der Waals surface area contributed by atoms with Gasteiger partial charge in [-0.25, -0.2) is 0 Å². The van der Waals surface area contributed by atoms with Crippen molar-refractivity contribution in [3.05, 3.63) is 54.0 Å². The molecule has 20 heavy (non-hydrogen) atoms. The number of nitrogens with one attached hydrogen (secondary N) is 1. The maximum Gasteiger partial charge on any atom is 0.164 e. The lowest BCUT2D eigenvalue weighted by molar-refractivity contribution is 0.0971. The molecular weight excluding hydrogens is 248 g/mol. The van der Waals surface area contributed by atoms with E-state index in [1.165, 1.54) is 0 Å². The van der Waals surface area contributed by atoms with Gasteiger partial charge in [0.1, 0.15) is 0 Å². The average Bonchev–Trinajstić information content (AvgIpc) is 2.91. The SMILES string of the molecule is O=C1CCCc2ncc(-c3c[nH]c4ccccc34)cc21. The Kier molecular flexibility index (Phi) is 2.46. The lowest BCUT2D eigenvalue weighted by Gasteiger charge is -2.14. The molecular formula is C17H14N2O. The number of rotatable bonds is 1. The number of H-pyrrole nitrogens is 1. The molecule has 0 atom stereocenters. The first-order valence-corrected chi connectivity index (χ1v) is 6.91. The highest BCUT2D eigenvalue weighted by Gasteiger charge is 2.19. The van der Waals surface area contributed by atoms with E-state index in [0.717, 1.165) is 46.1 Å². The van der Waals surface area contributed by atoms with Crippen LogP contribution in [0, 0.1) is 0 Å². The zero-order chi connectivity index (χ0) is 13.5. The molecule has 3 aromatic rings. The Morgan fingerprint density at radius 3 is 2.95 bits per heavy atom. The number of aryl methyl sites for hydroxylation is 1. The highest BCUT2D eigenvalue weighted by Crippen LogP contribution is 2.30. The molecule has 0 unspecified atom stereocenters. The van der Waals surface area contributed by atoms with Gasteiger partial charge in [-0.3, -0.25) is 9.78 Å². The number of ketones is 1. The molecule has 0 amide bonds. The molecule has 0 radical (unpaired) electrons. The van der Waals surface area contributed by atoms with Crippen molar-refractivity contribution in [1.82, 2.24) is 9.97 Å². The van der Waals surface area contributed by atoms with Crippen molar-refractivity contribution >= 4 is 16.7 Å². The molecule has 0 saturated carbocycles. The topological polar surface area (TPSA) is 45.8 Å². The zero-order valence-electron chi connectivity index (χ0n) is 11.0. The maximum absolute atomic E-state index is 12.0. The van der Waals surface area contributed by atoms with E-state index in [-0.39, 0.29) is 5.78 Å². The third kappa shape index (κ3) is 1.67. The van der Waals surface area contributed by atoms with E-state index >= 15 is 0 Å². The summed E-state index contributed by atoms with van der Waals surface area (Å²) < 4.78 is 0. The number of pyridine rings is 1. The number of para-hydroxylation sites is 1. The van der Waals surface area contributed by atoms with Crippen LogP contribution < -0.4 is 0 Å². The van der Waals surface area contributed by atoms with Crippen LogP contribution in [0.2, 0.25) is 0 Å². The molecule has 0 bridgehead atoms. The summed E-state index contributed by atoms with van der Waals surface area (Å²) in [4.78, 5) is 19.8. The normalized spacial score (nSPS) is 14.5. The summed E-state index contributed by atoms with van der Waals surface area (Å²) in [5.74, 6) is 0.223. The van der Waals surface area contributed by atoms with Crippen LogP contribution in [0.5, 0.6) is 0 Å². The van der Waals surface area contributed by atoms with Crippen molar-refractivity contribution in [3.8, 4) is 11.1 Å².